The van der Waals surface area contributed by atoms with Crippen LogP contribution < -0.4 is 15.8 Å². The molecular formula is C25H25N3O3S. The molecule has 6 nitrogen and oxygen atoms in total. The average Bonchev–Trinajstić information content (AvgIpc) is 2.83. The zero-order chi connectivity index (χ0) is 22.3. The van der Waals surface area contributed by atoms with Crippen molar-refractivity contribution in [2.24, 2.45) is 0 Å². The first-order chi connectivity index (χ1) is 15.6. The third-order valence-electron chi connectivity index (χ3n) is 5.36. The van der Waals surface area contributed by atoms with Crippen molar-refractivity contribution in [2.75, 3.05) is 17.2 Å². The minimum absolute atomic E-state index is 0.0200. The maximum atomic E-state index is 12.7. The number of para-hydroxylation sites is 1. The van der Waals surface area contributed by atoms with Crippen LogP contribution in [0.15, 0.2) is 82.6 Å². The maximum Gasteiger partial charge on any atom is 0.250 e. The molecule has 0 unspecified atom stereocenters. The van der Waals surface area contributed by atoms with E-state index in [1.54, 1.807) is 33.5 Å². The van der Waals surface area contributed by atoms with Gasteiger partial charge in [0, 0.05) is 48.8 Å². The molecule has 0 radical (unpaired) electrons. The van der Waals surface area contributed by atoms with Crippen molar-refractivity contribution in [3.8, 4) is 0 Å². The zero-order valence-electron chi connectivity index (χ0n) is 17.7. The number of carbonyl (C=O) groups is 2. The Bertz CT molecular complexity index is 1160. The Morgan fingerprint density at radius 3 is 2.47 bits per heavy atom. The van der Waals surface area contributed by atoms with Crippen LogP contribution in [0.3, 0.4) is 0 Å². The summed E-state index contributed by atoms with van der Waals surface area (Å²) in [5, 5.41) is 2.89. The summed E-state index contributed by atoms with van der Waals surface area (Å²) < 4.78 is 1.65. The summed E-state index contributed by atoms with van der Waals surface area (Å²) in [6.07, 6.45) is 2.12. The van der Waals surface area contributed by atoms with Gasteiger partial charge in [0.25, 0.3) is 5.56 Å². The number of aromatic nitrogens is 1. The lowest BCUT2D eigenvalue weighted by atomic mass is 10.1. The first kappa shape index (κ1) is 21.9. The summed E-state index contributed by atoms with van der Waals surface area (Å²) in [5.74, 6) is 0.704. The summed E-state index contributed by atoms with van der Waals surface area (Å²) in [5.41, 5.74) is 2.88. The molecule has 1 aliphatic rings. The fraction of sp³-hybridized carbons (Fsp3) is 0.240. The van der Waals surface area contributed by atoms with Gasteiger partial charge in [0.15, 0.2) is 0 Å². The van der Waals surface area contributed by atoms with Gasteiger partial charge in [-0.3, -0.25) is 14.4 Å². The van der Waals surface area contributed by atoms with Gasteiger partial charge in [-0.25, -0.2) is 0 Å². The standard InChI is InChI=1S/C25H25N3O3S/c29-23(12-13-25(31)28-15-16-32-22-6-2-1-5-21(22)28)26-17-19-8-10-20(11-9-19)18-27-14-4-3-7-24(27)30/h1-11,14H,12-13,15-18H2,(H,26,29). The number of carbonyl (C=O) groups excluding carboxylic acids is 2. The number of pyridine rings is 1. The number of thioether (sulfide) groups is 1. The van der Waals surface area contributed by atoms with Crippen LogP contribution >= 0.6 is 11.8 Å². The van der Waals surface area contributed by atoms with E-state index in [1.807, 2.05) is 54.6 Å². The highest BCUT2D eigenvalue weighted by molar-refractivity contribution is 7.99. The molecule has 1 N–H and O–H groups in total. The Morgan fingerprint density at radius 2 is 1.66 bits per heavy atom. The molecule has 0 atom stereocenters. The molecule has 2 amide bonds. The second kappa shape index (κ2) is 10.3. The number of hydrogen-bond acceptors (Lipinski definition) is 4. The fourth-order valence-corrected chi connectivity index (χ4v) is 4.62. The highest BCUT2D eigenvalue weighted by atomic mass is 32.2. The molecule has 4 rings (SSSR count). The van der Waals surface area contributed by atoms with Gasteiger partial charge < -0.3 is 14.8 Å². The highest BCUT2D eigenvalue weighted by Crippen LogP contribution is 2.34. The summed E-state index contributed by atoms with van der Waals surface area (Å²) in [4.78, 5) is 39.7. The van der Waals surface area contributed by atoms with E-state index in [9.17, 15) is 14.4 Å². The highest BCUT2D eigenvalue weighted by Gasteiger charge is 2.22. The van der Waals surface area contributed by atoms with Crippen LogP contribution in [0.4, 0.5) is 5.69 Å². The Morgan fingerprint density at radius 1 is 0.906 bits per heavy atom. The number of hydrogen-bond donors (Lipinski definition) is 1. The molecule has 32 heavy (non-hydrogen) atoms. The molecule has 0 spiro atoms. The van der Waals surface area contributed by atoms with Crippen molar-refractivity contribution >= 4 is 29.3 Å². The van der Waals surface area contributed by atoms with E-state index < -0.39 is 0 Å². The van der Waals surface area contributed by atoms with Gasteiger partial charge in [-0.1, -0.05) is 42.5 Å². The van der Waals surface area contributed by atoms with Crippen LogP contribution in [0.1, 0.15) is 24.0 Å². The lowest BCUT2D eigenvalue weighted by molar-refractivity contribution is -0.125. The normalized spacial score (nSPS) is 12.8. The Labute approximate surface area is 191 Å². The second-order valence-corrected chi connectivity index (χ2v) is 8.76. The molecule has 0 aliphatic carbocycles. The molecule has 7 heteroatoms. The summed E-state index contributed by atoms with van der Waals surface area (Å²) in [6.45, 7) is 1.58. The minimum atomic E-state index is -0.141. The molecule has 0 fully saturated rings. The Balaban J connectivity index is 1.24. The molecule has 2 heterocycles. The molecule has 2 aromatic carbocycles. The van der Waals surface area contributed by atoms with Gasteiger partial charge in [-0.05, 0) is 29.3 Å². The van der Waals surface area contributed by atoms with E-state index in [1.165, 1.54) is 6.07 Å². The maximum absolute atomic E-state index is 12.7. The lowest BCUT2D eigenvalue weighted by Gasteiger charge is -2.29. The topological polar surface area (TPSA) is 71.4 Å². The number of nitrogens with zero attached hydrogens (tertiary/aromatic N) is 2. The van der Waals surface area contributed by atoms with Crippen LogP contribution in [0.5, 0.6) is 0 Å². The van der Waals surface area contributed by atoms with Gasteiger partial charge >= 0.3 is 0 Å². The molecule has 1 aromatic heterocycles. The number of rotatable bonds is 7. The van der Waals surface area contributed by atoms with E-state index in [2.05, 4.69) is 5.32 Å². The monoisotopic (exact) mass is 447 g/mol. The SMILES string of the molecule is O=C(CCC(=O)N1CCSc2ccccc21)NCc1ccc(Cn2ccccc2=O)cc1. The lowest BCUT2D eigenvalue weighted by Crippen LogP contribution is -2.36. The van der Waals surface area contributed by atoms with Gasteiger partial charge in [-0.2, -0.15) is 0 Å². The summed E-state index contributed by atoms with van der Waals surface area (Å²) in [6, 6.07) is 20.8. The van der Waals surface area contributed by atoms with E-state index in [4.69, 9.17) is 0 Å². The number of amides is 2. The summed E-state index contributed by atoms with van der Waals surface area (Å²) >= 11 is 1.75. The van der Waals surface area contributed by atoms with Crippen molar-refractivity contribution in [1.29, 1.82) is 0 Å². The first-order valence-electron chi connectivity index (χ1n) is 10.6. The fourth-order valence-electron chi connectivity index (χ4n) is 3.62. The van der Waals surface area contributed by atoms with Crippen molar-refractivity contribution in [3.63, 3.8) is 0 Å². The van der Waals surface area contributed by atoms with Crippen LogP contribution in [-0.4, -0.2) is 28.7 Å². The van der Waals surface area contributed by atoms with E-state index in [0.29, 0.717) is 19.6 Å². The smallest absolute Gasteiger partial charge is 0.250 e. The van der Waals surface area contributed by atoms with Crippen LogP contribution in [0.2, 0.25) is 0 Å². The molecule has 1 aliphatic heterocycles. The molecule has 0 saturated carbocycles. The van der Waals surface area contributed by atoms with Crippen LogP contribution in [0.25, 0.3) is 0 Å². The quantitative estimate of drug-likeness (QED) is 0.602. The van der Waals surface area contributed by atoms with Crippen molar-refractivity contribution < 1.29 is 9.59 Å². The van der Waals surface area contributed by atoms with E-state index in [0.717, 1.165) is 27.5 Å². The molecule has 0 bridgehead atoms. The minimum Gasteiger partial charge on any atom is -0.352 e. The van der Waals surface area contributed by atoms with Crippen molar-refractivity contribution in [3.05, 3.63) is 94.4 Å². The molecule has 164 valence electrons. The number of benzene rings is 2. The number of anilines is 1. The van der Waals surface area contributed by atoms with Crippen molar-refractivity contribution in [2.45, 2.75) is 30.8 Å². The van der Waals surface area contributed by atoms with Crippen LogP contribution in [-0.2, 0) is 22.7 Å². The Kier molecular flexibility index (Phi) is 7.07. The zero-order valence-corrected chi connectivity index (χ0v) is 18.5. The average molecular weight is 448 g/mol. The van der Waals surface area contributed by atoms with Crippen molar-refractivity contribution in [1.82, 2.24) is 9.88 Å². The third-order valence-corrected chi connectivity index (χ3v) is 6.40. The van der Waals surface area contributed by atoms with Gasteiger partial charge in [0.1, 0.15) is 0 Å². The second-order valence-electron chi connectivity index (χ2n) is 7.62. The van der Waals surface area contributed by atoms with Gasteiger partial charge in [-0.15, -0.1) is 11.8 Å². The first-order valence-corrected chi connectivity index (χ1v) is 11.6. The predicted octanol–water partition coefficient (Wildman–Crippen LogP) is 3.43. The van der Waals surface area contributed by atoms with E-state index >= 15 is 0 Å². The molecule has 0 saturated heterocycles. The summed E-state index contributed by atoms with van der Waals surface area (Å²) in [7, 11) is 0. The number of nitrogens with one attached hydrogen (secondary N) is 1. The predicted molar refractivity (Wildman–Crippen MR) is 127 cm³/mol. The largest absolute Gasteiger partial charge is 0.352 e. The Hall–Kier alpha value is -3.32. The van der Waals surface area contributed by atoms with Gasteiger partial charge in [0.05, 0.1) is 12.2 Å². The van der Waals surface area contributed by atoms with Crippen LogP contribution in [0, 0.1) is 0 Å². The molecular weight excluding hydrogens is 422 g/mol. The van der Waals surface area contributed by atoms with E-state index in [-0.39, 0.29) is 30.2 Å². The number of fused-ring (bicyclic) bond motifs is 1. The van der Waals surface area contributed by atoms with Gasteiger partial charge in [0.2, 0.25) is 11.8 Å². The molecule has 3 aromatic rings. The third kappa shape index (κ3) is 5.48.